The molecule has 0 aliphatic heterocycles. The number of benzene rings is 2. The van der Waals surface area contributed by atoms with Gasteiger partial charge in [-0.2, -0.15) is 11.8 Å². The number of ether oxygens (including phenoxy) is 1. The number of fused-ring (bicyclic) bond motifs is 1. The molecule has 1 saturated carbocycles. The summed E-state index contributed by atoms with van der Waals surface area (Å²) in [5.74, 6) is 2.31. The number of rotatable bonds is 10. The lowest BCUT2D eigenvalue weighted by molar-refractivity contribution is 0.0874. The van der Waals surface area contributed by atoms with E-state index in [2.05, 4.69) is 26.9 Å². The number of hydrogen-bond donors (Lipinski definition) is 5. The number of aliphatic hydroxyl groups is 1. The smallest absolute Gasteiger partial charge is 0.227 e. The van der Waals surface area contributed by atoms with E-state index in [4.69, 9.17) is 21.0 Å². The number of nitrogens with one attached hydrogen (secondary N) is 3. The summed E-state index contributed by atoms with van der Waals surface area (Å²) in [6, 6.07) is 11.6. The number of nitrogens with two attached hydrogens (primary N) is 1. The Balaban J connectivity index is 1.46. The van der Waals surface area contributed by atoms with Gasteiger partial charge in [-0.3, -0.25) is 0 Å². The molecule has 0 saturated heterocycles. The second-order valence-corrected chi connectivity index (χ2v) is 8.79. The van der Waals surface area contributed by atoms with Crippen LogP contribution >= 0.6 is 11.8 Å². The number of aliphatic hydroxyl groups excluding tert-OH is 1. The Kier molecular flexibility index (Phi) is 7.09. The molecule has 1 aromatic heterocycles. The molecule has 168 valence electrons. The zero-order chi connectivity index (χ0) is 22.5. The summed E-state index contributed by atoms with van der Waals surface area (Å²) in [7, 11) is 0. The number of nitrogen functional groups attached to an aromatic ring is 1. The molecule has 9 heteroatoms. The molecule has 0 unspecified atom stereocenters. The van der Waals surface area contributed by atoms with Crippen LogP contribution in [0.4, 0.5) is 17.3 Å². The van der Waals surface area contributed by atoms with Gasteiger partial charge in [0.15, 0.2) is 0 Å². The molecular weight excluding hydrogens is 424 g/mol. The van der Waals surface area contributed by atoms with Gasteiger partial charge in [0.05, 0.1) is 12.3 Å². The van der Waals surface area contributed by atoms with E-state index in [1.807, 2.05) is 30.0 Å². The monoisotopic (exact) mass is 452 g/mol. The van der Waals surface area contributed by atoms with Crippen molar-refractivity contribution < 1.29 is 9.84 Å². The Morgan fingerprint density at radius 1 is 1.31 bits per heavy atom. The van der Waals surface area contributed by atoms with E-state index in [0.717, 1.165) is 41.8 Å². The van der Waals surface area contributed by atoms with Crippen LogP contribution in [-0.2, 0) is 0 Å². The zero-order valence-corrected chi connectivity index (χ0v) is 18.8. The molecule has 0 atom stereocenters. The highest BCUT2D eigenvalue weighted by Gasteiger charge is 2.30. The number of aromatic nitrogens is 2. The van der Waals surface area contributed by atoms with Crippen LogP contribution in [0.1, 0.15) is 18.4 Å². The van der Waals surface area contributed by atoms with Crippen molar-refractivity contribution in [3.63, 3.8) is 0 Å². The van der Waals surface area contributed by atoms with Crippen LogP contribution in [0, 0.1) is 5.41 Å². The van der Waals surface area contributed by atoms with Crippen LogP contribution in [0.3, 0.4) is 0 Å². The summed E-state index contributed by atoms with van der Waals surface area (Å²) in [4.78, 5) is 9.08. The maximum Gasteiger partial charge on any atom is 0.227 e. The Morgan fingerprint density at radius 3 is 2.91 bits per heavy atom. The van der Waals surface area contributed by atoms with Gasteiger partial charge in [-0.15, -0.1) is 0 Å². The highest BCUT2D eigenvalue weighted by molar-refractivity contribution is 7.98. The predicted octanol–water partition coefficient (Wildman–Crippen LogP) is 3.18. The predicted molar refractivity (Wildman–Crippen MR) is 131 cm³/mol. The SMILES string of the molecule is CSCCNC1CC(Oc2cccc3cnc(Nc4ccc(C(=N)CO)c(N)c4)nc23)C1. The highest BCUT2D eigenvalue weighted by atomic mass is 32.2. The molecule has 6 N–H and O–H groups in total. The Labute approximate surface area is 191 Å². The summed E-state index contributed by atoms with van der Waals surface area (Å²) in [5.41, 5.74) is 8.49. The summed E-state index contributed by atoms with van der Waals surface area (Å²) >= 11 is 1.85. The first kappa shape index (κ1) is 22.3. The maximum absolute atomic E-state index is 9.16. The van der Waals surface area contributed by atoms with Gasteiger partial charge < -0.3 is 31.6 Å². The van der Waals surface area contributed by atoms with E-state index in [1.165, 1.54) is 0 Å². The van der Waals surface area contributed by atoms with Crippen molar-refractivity contribution in [2.24, 2.45) is 0 Å². The minimum absolute atomic E-state index is 0.0791. The normalized spacial score (nSPS) is 17.7. The molecule has 8 nitrogen and oxygen atoms in total. The molecule has 0 spiro atoms. The fourth-order valence-corrected chi connectivity index (χ4v) is 4.01. The summed E-state index contributed by atoms with van der Waals surface area (Å²) in [6.07, 6.45) is 6.07. The first-order chi connectivity index (χ1) is 15.6. The number of para-hydroxylation sites is 1. The minimum Gasteiger partial charge on any atom is -0.488 e. The molecule has 1 heterocycles. The van der Waals surface area contributed by atoms with Crippen molar-refractivity contribution in [2.45, 2.75) is 25.0 Å². The van der Waals surface area contributed by atoms with Gasteiger partial charge in [-0.05, 0) is 43.4 Å². The zero-order valence-electron chi connectivity index (χ0n) is 18.0. The van der Waals surface area contributed by atoms with E-state index in [0.29, 0.717) is 28.9 Å². The van der Waals surface area contributed by atoms with Gasteiger partial charge >= 0.3 is 0 Å². The standard InChI is InChI=1S/C23H28N6O2S/c1-32-8-7-26-16-9-17(10-16)31-21-4-2-3-14-12-27-23(29-22(14)21)28-15-5-6-18(19(24)11-15)20(25)13-30/h2-6,11-12,16-17,25-26,30H,7-10,13,24H2,1H3,(H,27,28,29). The van der Waals surface area contributed by atoms with Crippen molar-refractivity contribution in [1.29, 1.82) is 5.41 Å². The van der Waals surface area contributed by atoms with Crippen LogP contribution in [0.5, 0.6) is 5.75 Å². The number of thioether (sulfide) groups is 1. The first-order valence-corrected chi connectivity index (χ1v) is 12.0. The largest absolute Gasteiger partial charge is 0.488 e. The molecule has 1 fully saturated rings. The Morgan fingerprint density at radius 2 is 2.16 bits per heavy atom. The van der Waals surface area contributed by atoms with Gasteiger partial charge in [0.1, 0.15) is 17.4 Å². The van der Waals surface area contributed by atoms with Crippen LogP contribution in [0.25, 0.3) is 10.9 Å². The molecule has 0 bridgehead atoms. The molecule has 0 amide bonds. The van der Waals surface area contributed by atoms with E-state index in [1.54, 1.807) is 24.4 Å². The third-order valence-corrected chi connectivity index (χ3v) is 6.10. The summed E-state index contributed by atoms with van der Waals surface area (Å²) in [6.45, 7) is 0.671. The van der Waals surface area contributed by atoms with E-state index >= 15 is 0 Å². The average Bonchev–Trinajstić information content (AvgIpc) is 2.77. The van der Waals surface area contributed by atoms with Gasteiger partial charge in [0.25, 0.3) is 0 Å². The second-order valence-electron chi connectivity index (χ2n) is 7.81. The Bertz CT molecular complexity index is 1100. The van der Waals surface area contributed by atoms with Crippen LogP contribution in [0.15, 0.2) is 42.6 Å². The molecule has 1 aliphatic carbocycles. The fourth-order valence-electron chi connectivity index (χ4n) is 3.69. The van der Waals surface area contributed by atoms with Gasteiger partial charge in [0, 0.05) is 46.9 Å². The lowest BCUT2D eigenvalue weighted by atomic mass is 9.89. The second kappa shape index (κ2) is 10.2. The first-order valence-electron chi connectivity index (χ1n) is 10.6. The molecule has 1 aliphatic rings. The Hall–Kier alpha value is -2.88. The van der Waals surface area contributed by atoms with Gasteiger partial charge in [-0.25, -0.2) is 9.97 Å². The topological polar surface area (TPSA) is 129 Å². The van der Waals surface area contributed by atoms with Gasteiger partial charge in [0.2, 0.25) is 5.95 Å². The molecule has 2 aromatic carbocycles. The lowest BCUT2D eigenvalue weighted by Gasteiger charge is -2.36. The van der Waals surface area contributed by atoms with Gasteiger partial charge in [-0.1, -0.05) is 12.1 Å². The molecule has 0 radical (unpaired) electrons. The minimum atomic E-state index is -0.358. The number of nitrogens with zero attached hydrogens (tertiary/aromatic N) is 2. The molecular formula is C23H28N6O2S. The number of hydrogen-bond acceptors (Lipinski definition) is 9. The lowest BCUT2D eigenvalue weighted by Crippen LogP contribution is -2.47. The maximum atomic E-state index is 9.16. The summed E-state index contributed by atoms with van der Waals surface area (Å²) in [5, 5.41) is 24.5. The van der Waals surface area contributed by atoms with Crippen molar-refractivity contribution in [3.05, 3.63) is 48.2 Å². The third-order valence-electron chi connectivity index (χ3n) is 5.49. The summed E-state index contributed by atoms with van der Waals surface area (Å²) < 4.78 is 6.25. The average molecular weight is 453 g/mol. The van der Waals surface area contributed by atoms with E-state index < -0.39 is 0 Å². The molecule has 4 rings (SSSR count). The van der Waals surface area contributed by atoms with Crippen LogP contribution < -0.4 is 21.1 Å². The van der Waals surface area contributed by atoms with E-state index in [-0.39, 0.29) is 18.4 Å². The molecule has 3 aromatic rings. The van der Waals surface area contributed by atoms with Crippen LogP contribution in [-0.4, -0.2) is 58.1 Å². The fraction of sp³-hybridized carbons (Fsp3) is 0.348. The van der Waals surface area contributed by atoms with Crippen molar-refractivity contribution in [1.82, 2.24) is 15.3 Å². The van der Waals surface area contributed by atoms with Crippen molar-refractivity contribution >= 4 is 45.7 Å². The van der Waals surface area contributed by atoms with E-state index in [9.17, 15) is 0 Å². The van der Waals surface area contributed by atoms with Crippen LogP contribution in [0.2, 0.25) is 0 Å². The number of anilines is 3. The molecule has 32 heavy (non-hydrogen) atoms. The quantitative estimate of drug-likeness (QED) is 0.180. The highest BCUT2D eigenvalue weighted by Crippen LogP contribution is 2.31. The van der Waals surface area contributed by atoms with Crippen molar-refractivity contribution in [2.75, 3.05) is 36.2 Å². The third kappa shape index (κ3) is 5.12. The van der Waals surface area contributed by atoms with Crippen molar-refractivity contribution in [3.8, 4) is 5.75 Å².